The van der Waals surface area contributed by atoms with Crippen molar-refractivity contribution in [1.82, 2.24) is 9.97 Å². The highest BCUT2D eigenvalue weighted by Gasteiger charge is 2.27. The van der Waals surface area contributed by atoms with Gasteiger partial charge in [-0.05, 0) is 12.3 Å². The number of hydrogen-bond donors (Lipinski definition) is 1. The first kappa shape index (κ1) is 23.8. The molecule has 0 unspecified atom stereocenters. The lowest BCUT2D eigenvalue weighted by Gasteiger charge is -2.22. The van der Waals surface area contributed by atoms with E-state index >= 15 is 0 Å². The second-order valence-corrected chi connectivity index (χ2v) is 8.40. The molecule has 1 aromatic heterocycles. The van der Waals surface area contributed by atoms with Gasteiger partial charge in [0.25, 0.3) is 0 Å². The van der Waals surface area contributed by atoms with Gasteiger partial charge in [0.1, 0.15) is 0 Å². The van der Waals surface area contributed by atoms with E-state index in [0.717, 1.165) is 37.7 Å². The van der Waals surface area contributed by atoms with E-state index in [9.17, 15) is 26.7 Å². The summed E-state index contributed by atoms with van der Waals surface area (Å²) in [5.74, 6) is -11.0. The van der Waals surface area contributed by atoms with Gasteiger partial charge in [0, 0.05) is 11.1 Å². The summed E-state index contributed by atoms with van der Waals surface area (Å²) in [6.45, 7) is 0. The standard InChI is InChI=1S/C25H22F5N3O/c26-20-16(21(27)23(29)24(30)22(20)28)12-19(34)33-25-17(11-14-7-3-1-4-8-14)32-18(13-31-25)15-9-5-2-6-10-15/h2,5-6,9-10,13-14H,1,3-4,7-8,11-12H2,(H,31,33,34). The van der Waals surface area contributed by atoms with Crippen LogP contribution in [0.4, 0.5) is 27.8 Å². The third kappa shape index (κ3) is 5.08. The summed E-state index contributed by atoms with van der Waals surface area (Å²) in [7, 11) is 0. The summed E-state index contributed by atoms with van der Waals surface area (Å²) in [5, 5.41) is 2.45. The van der Waals surface area contributed by atoms with Crippen LogP contribution < -0.4 is 5.32 Å². The Bertz CT molecular complexity index is 1170. The molecular weight excluding hydrogens is 453 g/mol. The second-order valence-electron chi connectivity index (χ2n) is 8.40. The number of nitrogens with zero attached hydrogens (tertiary/aromatic N) is 2. The van der Waals surface area contributed by atoms with E-state index in [-0.39, 0.29) is 5.82 Å². The van der Waals surface area contributed by atoms with Crippen molar-refractivity contribution in [2.45, 2.75) is 44.9 Å². The molecule has 1 amide bonds. The van der Waals surface area contributed by atoms with E-state index in [2.05, 4.69) is 15.3 Å². The molecular formula is C25H22F5N3O. The van der Waals surface area contributed by atoms with Crippen LogP contribution >= 0.6 is 0 Å². The minimum atomic E-state index is -2.27. The molecule has 1 aliphatic carbocycles. The Morgan fingerprint density at radius 3 is 2.15 bits per heavy atom. The molecule has 34 heavy (non-hydrogen) atoms. The van der Waals surface area contributed by atoms with E-state index in [4.69, 9.17) is 0 Å². The maximum atomic E-state index is 14.0. The molecule has 1 N–H and O–H groups in total. The number of hydrogen-bond acceptors (Lipinski definition) is 3. The topological polar surface area (TPSA) is 54.9 Å². The predicted molar refractivity (Wildman–Crippen MR) is 116 cm³/mol. The van der Waals surface area contributed by atoms with Crippen LogP contribution in [0.3, 0.4) is 0 Å². The zero-order valence-corrected chi connectivity index (χ0v) is 18.2. The van der Waals surface area contributed by atoms with E-state index in [1.807, 2.05) is 30.3 Å². The van der Waals surface area contributed by atoms with Crippen molar-refractivity contribution in [1.29, 1.82) is 0 Å². The summed E-state index contributed by atoms with van der Waals surface area (Å²) in [6, 6.07) is 9.33. The lowest BCUT2D eigenvalue weighted by Crippen LogP contribution is -2.21. The van der Waals surface area contributed by atoms with Crippen LogP contribution in [0, 0.1) is 35.0 Å². The molecule has 3 aromatic rings. The number of carbonyl (C=O) groups is 1. The van der Waals surface area contributed by atoms with Gasteiger partial charge in [-0.25, -0.2) is 31.9 Å². The zero-order valence-electron chi connectivity index (χ0n) is 18.2. The molecule has 0 saturated heterocycles. The molecule has 9 heteroatoms. The first-order valence-corrected chi connectivity index (χ1v) is 11.1. The van der Waals surface area contributed by atoms with Gasteiger partial charge in [-0.15, -0.1) is 0 Å². The number of anilines is 1. The number of rotatable bonds is 6. The average molecular weight is 475 g/mol. The van der Waals surface area contributed by atoms with Crippen LogP contribution in [0.2, 0.25) is 0 Å². The number of halogens is 5. The van der Waals surface area contributed by atoms with Gasteiger partial charge in [0.15, 0.2) is 29.1 Å². The number of benzene rings is 2. The summed E-state index contributed by atoms with van der Waals surface area (Å²) in [4.78, 5) is 21.5. The Balaban J connectivity index is 1.61. The third-order valence-electron chi connectivity index (χ3n) is 6.02. The smallest absolute Gasteiger partial charge is 0.230 e. The number of nitrogens with one attached hydrogen (secondary N) is 1. The third-order valence-corrected chi connectivity index (χ3v) is 6.02. The van der Waals surface area contributed by atoms with Crippen molar-refractivity contribution in [3.05, 3.63) is 76.9 Å². The highest BCUT2D eigenvalue weighted by Crippen LogP contribution is 2.30. The lowest BCUT2D eigenvalue weighted by molar-refractivity contribution is -0.115. The monoisotopic (exact) mass is 475 g/mol. The van der Waals surface area contributed by atoms with Crippen LogP contribution in [0.5, 0.6) is 0 Å². The maximum absolute atomic E-state index is 14.0. The Hall–Kier alpha value is -3.36. The Labute approximate surface area is 193 Å². The SMILES string of the molecule is O=C(Cc1c(F)c(F)c(F)c(F)c1F)Nc1ncc(-c2ccccc2)nc1CC1CCCCC1. The van der Waals surface area contributed by atoms with Crippen LogP contribution in [0.25, 0.3) is 11.3 Å². The molecule has 0 spiro atoms. The van der Waals surface area contributed by atoms with Gasteiger partial charge < -0.3 is 5.32 Å². The molecule has 4 rings (SSSR count). The van der Waals surface area contributed by atoms with Gasteiger partial charge in [-0.2, -0.15) is 0 Å². The van der Waals surface area contributed by atoms with Crippen molar-refractivity contribution in [2.75, 3.05) is 5.32 Å². The molecule has 1 heterocycles. The van der Waals surface area contributed by atoms with Gasteiger partial charge in [-0.3, -0.25) is 4.79 Å². The molecule has 1 aliphatic rings. The Morgan fingerprint density at radius 1 is 0.882 bits per heavy atom. The first-order valence-electron chi connectivity index (χ1n) is 11.1. The normalized spacial score (nSPS) is 14.3. The predicted octanol–water partition coefficient (Wildman–Crippen LogP) is 6.14. The number of aromatic nitrogens is 2. The van der Waals surface area contributed by atoms with Crippen molar-refractivity contribution >= 4 is 11.7 Å². The van der Waals surface area contributed by atoms with Crippen molar-refractivity contribution in [2.24, 2.45) is 5.92 Å². The highest BCUT2D eigenvalue weighted by atomic mass is 19.2. The van der Waals surface area contributed by atoms with Gasteiger partial charge in [0.05, 0.1) is 24.0 Å². The van der Waals surface area contributed by atoms with Gasteiger partial charge in [0.2, 0.25) is 11.7 Å². The fourth-order valence-electron chi connectivity index (χ4n) is 4.23. The lowest BCUT2D eigenvalue weighted by atomic mass is 9.86. The van der Waals surface area contributed by atoms with Crippen molar-refractivity contribution in [3.8, 4) is 11.3 Å². The largest absolute Gasteiger partial charge is 0.309 e. The Morgan fingerprint density at radius 2 is 1.50 bits per heavy atom. The van der Waals surface area contributed by atoms with Crippen molar-refractivity contribution < 1.29 is 26.7 Å². The van der Waals surface area contributed by atoms with Crippen molar-refractivity contribution in [3.63, 3.8) is 0 Å². The molecule has 4 nitrogen and oxygen atoms in total. The molecule has 0 atom stereocenters. The van der Waals surface area contributed by atoms with Crippen LogP contribution in [0.1, 0.15) is 43.4 Å². The molecule has 0 aliphatic heterocycles. The van der Waals surface area contributed by atoms with E-state index in [1.165, 1.54) is 6.20 Å². The summed E-state index contributed by atoms with van der Waals surface area (Å²) in [5.41, 5.74) is 0.749. The van der Waals surface area contributed by atoms with Gasteiger partial charge in [-0.1, -0.05) is 62.4 Å². The maximum Gasteiger partial charge on any atom is 0.230 e. The molecule has 0 bridgehead atoms. The van der Waals surface area contributed by atoms with E-state index in [0.29, 0.717) is 23.7 Å². The molecule has 178 valence electrons. The average Bonchev–Trinajstić information content (AvgIpc) is 2.86. The fourth-order valence-corrected chi connectivity index (χ4v) is 4.23. The molecule has 1 fully saturated rings. The Kier molecular flexibility index (Phi) is 7.19. The minimum absolute atomic E-state index is 0.110. The van der Waals surface area contributed by atoms with Crippen LogP contribution in [-0.4, -0.2) is 15.9 Å². The summed E-state index contributed by atoms with van der Waals surface area (Å²) < 4.78 is 68.3. The minimum Gasteiger partial charge on any atom is -0.309 e. The van der Waals surface area contributed by atoms with Crippen LogP contribution in [-0.2, 0) is 17.6 Å². The van der Waals surface area contributed by atoms with Crippen LogP contribution in [0.15, 0.2) is 36.5 Å². The molecule has 0 radical (unpaired) electrons. The first-order chi connectivity index (χ1) is 16.3. The second kappa shape index (κ2) is 10.3. The quantitative estimate of drug-likeness (QED) is 0.265. The number of carbonyl (C=O) groups excluding carboxylic acids is 1. The fraction of sp³-hybridized carbons (Fsp3) is 0.320. The van der Waals surface area contributed by atoms with E-state index < -0.39 is 47.0 Å². The molecule has 2 aromatic carbocycles. The summed E-state index contributed by atoms with van der Waals surface area (Å²) >= 11 is 0. The highest BCUT2D eigenvalue weighted by molar-refractivity contribution is 5.92. The summed E-state index contributed by atoms with van der Waals surface area (Å²) in [6.07, 6.45) is 6.34. The van der Waals surface area contributed by atoms with E-state index in [1.54, 1.807) is 0 Å². The zero-order chi connectivity index (χ0) is 24.2. The molecule has 1 saturated carbocycles. The van der Waals surface area contributed by atoms with Gasteiger partial charge >= 0.3 is 0 Å². The number of amides is 1.